The molecule has 1 heterocycles. The highest BCUT2D eigenvalue weighted by atomic mass is 32.2. The number of hydrogen-bond donors (Lipinski definition) is 1. The number of carbonyl (C=O) groups is 1. The highest BCUT2D eigenvalue weighted by Gasteiger charge is 2.27. The molecular formula is C16H24N2O3S. The van der Waals surface area contributed by atoms with Crippen LogP contribution in [0.2, 0.25) is 0 Å². The zero-order chi connectivity index (χ0) is 16.3. The molecule has 1 atom stereocenters. The van der Waals surface area contributed by atoms with Crippen molar-refractivity contribution in [2.75, 3.05) is 13.1 Å². The van der Waals surface area contributed by atoms with Crippen molar-refractivity contribution in [2.45, 2.75) is 44.6 Å². The SMILES string of the molecule is CC(C)[C@@H](C)NC(=O)c1ccc(S(=O)(=O)N2CCCC2)cc1. The smallest absolute Gasteiger partial charge is 0.251 e. The van der Waals surface area contributed by atoms with Gasteiger partial charge in [-0.1, -0.05) is 13.8 Å². The van der Waals surface area contributed by atoms with Gasteiger partial charge in [0.15, 0.2) is 0 Å². The van der Waals surface area contributed by atoms with E-state index in [1.807, 2.05) is 20.8 Å². The van der Waals surface area contributed by atoms with Crippen LogP contribution in [0.25, 0.3) is 0 Å². The van der Waals surface area contributed by atoms with Crippen LogP contribution in [0.3, 0.4) is 0 Å². The van der Waals surface area contributed by atoms with Crippen molar-refractivity contribution in [3.05, 3.63) is 29.8 Å². The van der Waals surface area contributed by atoms with Crippen LogP contribution in [-0.2, 0) is 10.0 Å². The lowest BCUT2D eigenvalue weighted by molar-refractivity contribution is 0.0930. The molecule has 1 aliphatic rings. The fraction of sp³-hybridized carbons (Fsp3) is 0.562. The third kappa shape index (κ3) is 3.67. The molecule has 0 bridgehead atoms. The molecule has 1 aromatic rings. The minimum Gasteiger partial charge on any atom is -0.349 e. The van der Waals surface area contributed by atoms with Gasteiger partial charge in [-0.15, -0.1) is 0 Å². The van der Waals surface area contributed by atoms with Gasteiger partial charge in [-0.25, -0.2) is 8.42 Å². The average Bonchev–Trinajstić information content (AvgIpc) is 3.02. The summed E-state index contributed by atoms with van der Waals surface area (Å²) in [5.74, 6) is 0.171. The van der Waals surface area contributed by atoms with Crippen LogP contribution in [-0.4, -0.2) is 37.8 Å². The molecule has 0 aliphatic carbocycles. The predicted molar refractivity (Wildman–Crippen MR) is 86.2 cm³/mol. The first-order valence-electron chi connectivity index (χ1n) is 7.73. The van der Waals surface area contributed by atoms with E-state index in [-0.39, 0.29) is 16.8 Å². The number of carbonyl (C=O) groups excluding carboxylic acids is 1. The molecule has 1 N–H and O–H groups in total. The van der Waals surface area contributed by atoms with E-state index >= 15 is 0 Å². The third-order valence-electron chi connectivity index (χ3n) is 4.18. The summed E-state index contributed by atoms with van der Waals surface area (Å²) in [7, 11) is -3.42. The van der Waals surface area contributed by atoms with Crippen molar-refractivity contribution in [1.29, 1.82) is 0 Å². The Morgan fingerprint density at radius 1 is 1.09 bits per heavy atom. The maximum atomic E-state index is 12.4. The summed E-state index contributed by atoms with van der Waals surface area (Å²) in [6.45, 7) is 7.19. The quantitative estimate of drug-likeness (QED) is 0.903. The number of rotatable bonds is 5. The molecule has 1 aromatic carbocycles. The van der Waals surface area contributed by atoms with Crippen molar-refractivity contribution < 1.29 is 13.2 Å². The standard InChI is InChI=1S/C16H24N2O3S/c1-12(2)13(3)17-16(19)14-6-8-15(9-7-14)22(20,21)18-10-4-5-11-18/h6-9,12-13H,4-5,10-11H2,1-3H3,(H,17,19)/t13-/m1/s1. The van der Waals surface area contributed by atoms with E-state index in [0.29, 0.717) is 24.6 Å². The monoisotopic (exact) mass is 324 g/mol. The number of benzene rings is 1. The third-order valence-corrected chi connectivity index (χ3v) is 6.09. The molecule has 6 heteroatoms. The summed E-state index contributed by atoms with van der Waals surface area (Å²) in [6.07, 6.45) is 1.82. The van der Waals surface area contributed by atoms with Gasteiger partial charge in [-0.3, -0.25) is 4.79 Å². The Morgan fingerprint density at radius 3 is 2.14 bits per heavy atom. The highest BCUT2D eigenvalue weighted by Crippen LogP contribution is 2.21. The number of amides is 1. The van der Waals surface area contributed by atoms with Crippen molar-refractivity contribution in [1.82, 2.24) is 9.62 Å². The summed E-state index contributed by atoms with van der Waals surface area (Å²) in [4.78, 5) is 12.4. The second kappa shape index (κ2) is 6.79. The Hall–Kier alpha value is -1.40. The van der Waals surface area contributed by atoms with Gasteiger partial charge >= 0.3 is 0 Å². The van der Waals surface area contributed by atoms with Crippen molar-refractivity contribution in [3.8, 4) is 0 Å². The molecule has 0 radical (unpaired) electrons. The minimum absolute atomic E-state index is 0.0699. The molecule has 1 amide bonds. The zero-order valence-corrected chi connectivity index (χ0v) is 14.2. The molecule has 0 saturated carbocycles. The zero-order valence-electron chi connectivity index (χ0n) is 13.4. The Labute approximate surface area is 132 Å². The molecule has 0 aromatic heterocycles. The Bertz CT molecular complexity index is 617. The van der Waals surface area contributed by atoms with E-state index in [2.05, 4.69) is 5.32 Å². The van der Waals surface area contributed by atoms with E-state index in [1.165, 1.54) is 16.4 Å². The molecule has 1 fully saturated rings. The topological polar surface area (TPSA) is 66.5 Å². The van der Waals surface area contributed by atoms with Crippen LogP contribution >= 0.6 is 0 Å². The van der Waals surface area contributed by atoms with Crippen LogP contribution in [0.4, 0.5) is 0 Å². The first kappa shape index (κ1) is 17.0. The number of nitrogens with one attached hydrogen (secondary N) is 1. The van der Waals surface area contributed by atoms with E-state index in [1.54, 1.807) is 12.1 Å². The van der Waals surface area contributed by atoms with Gasteiger partial charge in [0.1, 0.15) is 0 Å². The molecule has 0 spiro atoms. The lowest BCUT2D eigenvalue weighted by atomic mass is 10.1. The summed E-state index contributed by atoms with van der Waals surface area (Å²) < 4.78 is 26.3. The first-order valence-corrected chi connectivity index (χ1v) is 9.17. The average molecular weight is 324 g/mol. The van der Waals surface area contributed by atoms with Crippen LogP contribution in [0.1, 0.15) is 44.0 Å². The maximum Gasteiger partial charge on any atom is 0.251 e. The number of sulfonamides is 1. The largest absolute Gasteiger partial charge is 0.349 e. The Balaban J connectivity index is 2.11. The lowest BCUT2D eigenvalue weighted by Gasteiger charge is -2.18. The normalized spacial score (nSPS) is 17.6. The molecule has 5 nitrogen and oxygen atoms in total. The van der Waals surface area contributed by atoms with Gasteiger partial charge in [0, 0.05) is 24.7 Å². The molecule has 0 unspecified atom stereocenters. The van der Waals surface area contributed by atoms with Crippen LogP contribution in [0, 0.1) is 5.92 Å². The van der Waals surface area contributed by atoms with E-state index in [0.717, 1.165) is 12.8 Å². The fourth-order valence-corrected chi connectivity index (χ4v) is 3.83. The second-order valence-corrected chi connectivity index (χ2v) is 8.08. The van der Waals surface area contributed by atoms with Gasteiger partial charge in [-0.2, -0.15) is 4.31 Å². The van der Waals surface area contributed by atoms with Crippen LogP contribution in [0.15, 0.2) is 29.2 Å². The molecule has 22 heavy (non-hydrogen) atoms. The van der Waals surface area contributed by atoms with Gasteiger partial charge in [0.25, 0.3) is 5.91 Å². The van der Waals surface area contributed by atoms with Gasteiger partial charge < -0.3 is 5.32 Å². The first-order chi connectivity index (χ1) is 10.3. The highest BCUT2D eigenvalue weighted by molar-refractivity contribution is 7.89. The van der Waals surface area contributed by atoms with Crippen molar-refractivity contribution in [2.24, 2.45) is 5.92 Å². The van der Waals surface area contributed by atoms with E-state index in [9.17, 15) is 13.2 Å². The molecular weight excluding hydrogens is 300 g/mol. The van der Waals surface area contributed by atoms with Gasteiger partial charge in [-0.05, 0) is 49.9 Å². The van der Waals surface area contributed by atoms with Crippen molar-refractivity contribution in [3.63, 3.8) is 0 Å². The van der Waals surface area contributed by atoms with E-state index < -0.39 is 10.0 Å². The summed E-state index contributed by atoms with van der Waals surface area (Å²) in [5.41, 5.74) is 0.480. The van der Waals surface area contributed by atoms with Crippen LogP contribution < -0.4 is 5.32 Å². The van der Waals surface area contributed by atoms with Gasteiger partial charge in [0.2, 0.25) is 10.0 Å². The summed E-state index contributed by atoms with van der Waals surface area (Å²) in [6, 6.07) is 6.25. The molecule has 2 rings (SSSR count). The molecule has 1 aliphatic heterocycles. The van der Waals surface area contributed by atoms with Gasteiger partial charge in [0.05, 0.1) is 4.90 Å². The second-order valence-electron chi connectivity index (χ2n) is 6.14. The number of hydrogen-bond acceptors (Lipinski definition) is 3. The Kier molecular flexibility index (Phi) is 5.24. The van der Waals surface area contributed by atoms with Crippen LogP contribution in [0.5, 0.6) is 0 Å². The minimum atomic E-state index is -3.42. The Morgan fingerprint density at radius 2 is 1.64 bits per heavy atom. The summed E-state index contributed by atoms with van der Waals surface area (Å²) in [5, 5.41) is 2.91. The number of nitrogens with zero attached hydrogens (tertiary/aromatic N) is 1. The maximum absolute atomic E-state index is 12.4. The predicted octanol–water partition coefficient (Wildman–Crippen LogP) is 2.25. The van der Waals surface area contributed by atoms with Crippen molar-refractivity contribution >= 4 is 15.9 Å². The molecule has 122 valence electrons. The molecule has 1 saturated heterocycles. The van der Waals surface area contributed by atoms with E-state index in [4.69, 9.17) is 0 Å². The summed E-state index contributed by atoms with van der Waals surface area (Å²) >= 11 is 0. The fourth-order valence-electron chi connectivity index (χ4n) is 2.31. The lowest BCUT2D eigenvalue weighted by Crippen LogP contribution is -2.36.